The van der Waals surface area contributed by atoms with Crippen LogP contribution in [0, 0.1) is 6.57 Å². The van der Waals surface area contributed by atoms with Crippen LogP contribution in [0.4, 0.5) is 5.69 Å². The summed E-state index contributed by atoms with van der Waals surface area (Å²) in [5, 5.41) is 0.852. The topological polar surface area (TPSA) is 46.5 Å². The molecule has 0 unspecified atom stereocenters. The number of aromatic amines is 1. The largest absolute Gasteiger partial charge is 0.508 e. The van der Waals surface area contributed by atoms with Gasteiger partial charge in [-0.15, -0.1) is 0 Å². The van der Waals surface area contributed by atoms with E-state index >= 15 is 0 Å². The molecule has 1 aromatic carbocycles. The molecule has 0 spiro atoms. The molecule has 2 aromatic rings. The van der Waals surface area contributed by atoms with Crippen molar-refractivity contribution in [2.45, 2.75) is 19.8 Å². The molecular weight excluding hydrogens is 228 g/mol. The predicted octanol–water partition coefficient (Wildman–Crippen LogP) is 3.21. The van der Waals surface area contributed by atoms with Gasteiger partial charge in [-0.25, -0.2) is 4.85 Å². The Morgan fingerprint density at radius 2 is 2.06 bits per heavy atom. The molecular formula is C14H14N2O2. The van der Waals surface area contributed by atoms with Gasteiger partial charge in [0.25, 0.3) is 5.56 Å². The number of pyridine rings is 1. The van der Waals surface area contributed by atoms with Gasteiger partial charge in [-0.3, -0.25) is 4.79 Å². The molecule has 0 saturated carbocycles. The SMILES string of the molecule is [C-]#[N+]c1cc2cc(C(C)C)c(=O)[nH]c2cc1OC. The van der Waals surface area contributed by atoms with Gasteiger partial charge in [-0.2, -0.15) is 0 Å². The predicted molar refractivity (Wildman–Crippen MR) is 71.5 cm³/mol. The highest BCUT2D eigenvalue weighted by Gasteiger charge is 2.10. The Morgan fingerprint density at radius 1 is 1.33 bits per heavy atom. The maximum absolute atomic E-state index is 11.9. The summed E-state index contributed by atoms with van der Waals surface area (Å²) in [6.45, 7) is 11.1. The van der Waals surface area contributed by atoms with Crippen molar-refractivity contribution in [3.8, 4) is 5.75 Å². The van der Waals surface area contributed by atoms with Crippen molar-refractivity contribution in [1.82, 2.24) is 4.98 Å². The van der Waals surface area contributed by atoms with Gasteiger partial charge in [0.1, 0.15) is 5.75 Å². The van der Waals surface area contributed by atoms with Crippen molar-refractivity contribution >= 4 is 16.6 Å². The number of hydrogen-bond acceptors (Lipinski definition) is 2. The highest BCUT2D eigenvalue weighted by atomic mass is 16.5. The number of hydrogen-bond donors (Lipinski definition) is 1. The van der Waals surface area contributed by atoms with Crippen LogP contribution in [0.3, 0.4) is 0 Å². The summed E-state index contributed by atoms with van der Waals surface area (Å²) in [6.07, 6.45) is 0. The van der Waals surface area contributed by atoms with Gasteiger partial charge in [-0.1, -0.05) is 13.8 Å². The molecule has 0 aliphatic heterocycles. The van der Waals surface area contributed by atoms with Crippen molar-refractivity contribution in [2.75, 3.05) is 7.11 Å². The fourth-order valence-corrected chi connectivity index (χ4v) is 1.92. The first-order valence-corrected chi connectivity index (χ1v) is 5.69. The van der Waals surface area contributed by atoms with Crippen LogP contribution in [0.15, 0.2) is 23.0 Å². The fourth-order valence-electron chi connectivity index (χ4n) is 1.92. The van der Waals surface area contributed by atoms with Crippen LogP contribution < -0.4 is 10.3 Å². The summed E-state index contributed by atoms with van der Waals surface area (Å²) in [5.41, 5.74) is 1.78. The van der Waals surface area contributed by atoms with Crippen LogP contribution in [0.5, 0.6) is 5.75 Å². The molecule has 18 heavy (non-hydrogen) atoms. The normalized spacial score (nSPS) is 10.6. The lowest BCUT2D eigenvalue weighted by Crippen LogP contribution is -2.13. The van der Waals surface area contributed by atoms with Crippen LogP contribution in [0.2, 0.25) is 0 Å². The monoisotopic (exact) mass is 242 g/mol. The average molecular weight is 242 g/mol. The van der Waals surface area contributed by atoms with Crippen LogP contribution in [-0.2, 0) is 0 Å². The van der Waals surface area contributed by atoms with Gasteiger partial charge < -0.3 is 9.72 Å². The second-order valence-electron chi connectivity index (χ2n) is 4.43. The van der Waals surface area contributed by atoms with E-state index in [0.29, 0.717) is 17.0 Å². The molecule has 0 radical (unpaired) electrons. The highest BCUT2D eigenvalue weighted by Crippen LogP contribution is 2.32. The minimum absolute atomic E-state index is 0.0879. The molecule has 0 bridgehead atoms. The molecule has 4 nitrogen and oxygen atoms in total. The molecule has 0 fully saturated rings. The molecule has 0 atom stereocenters. The zero-order chi connectivity index (χ0) is 13.3. The quantitative estimate of drug-likeness (QED) is 0.822. The van der Waals surface area contributed by atoms with Crippen LogP contribution in [0.1, 0.15) is 25.3 Å². The summed E-state index contributed by atoms with van der Waals surface area (Å²) in [7, 11) is 1.51. The zero-order valence-corrected chi connectivity index (χ0v) is 10.6. The number of aromatic nitrogens is 1. The minimum Gasteiger partial charge on any atom is -0.508 e. The van der Waals surface area contributed by atoms with E-state index in [-0.39, 0.29) is 11.5 Å². The summed E-state index contributed by atoms with van der Waals surface area (Å²) in [5.74, 6) is 0.627. The van der Waals surface area contributed by atoms with Gasteiger partial charge in [0.05, 0.1) is 13.7 Å². The molecule has 0 aliphatic carbocycles. The van der Waals surface area contributed by atoms with Crippen molar-refractivity contribution in [3.05, 3.63) is 45.5 Å². The van der Waals surface area contributed by atoms with Crippen molar-refractivity contribution in [2.24, 2.45) is 0 Å². The van der Waals surface area contributed by atoms with E-state index in [1.165, 1.54) is 7.11 Å². The molecule has 92 valence electrons. The summed E-state index contributed by atoms with van der Waals surface area (Å²) in [4.78, 5) is 18.1. The van der Waals surface area contributed by atoms with Crippen molar-refractivity contribution in [1.29, 1.82) is 0 Å². The van der Waals surface area contributed by atoms with Crippen LogP contribution >= 0.6 is 0 Å². The summed E-state index contributed by atoms with van der Waals surface area (Å²) >= 11 is 0. The number of methoxy groups -OCH3 is 1. The first kappa shape index (κ1) is 12.2. The van der Waals surface area contributed by atoms with Gasteiger partial charge >= 0.3 is 0 Å². The molecule has 1 N–H and O–H groups in total. The molecule has 0 amide bonds. The lowest BCUT2D eigenvalue weighted by atomic mass is 10.0. The molecule has 1 aromatic heterocycles. The molecule has 0 saturated heterocycles. The van der Waals surface area contributed by atoms with Gasteiger partial charge in [0.2, 0.25) is 5.69 Å². The Bertz CT molecular complexity index is 693. The van der Waals surface area contributed by atoms with Crippen molar-refractivity contribution in [3.63, 3.8) is 0 Å². The van der Waals surface area contributed by atoms with E-state index in [4.69, 9.17) is 11.3 Å². The van der Waals surface area contributed by atoms with E-state index in [1.54, 1.807) is 12.1 Å². The lowest BCUT2D eigenvalue weighted by molar-refractivity contribution is 0.418. The van der Waals surface area contributed by atoms with Crippen LogP contribution in [0.25, 0.3) is 15.7 Å². The molecule has 0 aliphatic rings. The third-order valence-electron chi connectivity index (χ3n) is 2.91. The minimum atomic E-state index is -0.0879. The van der Waals surface area contributed by atoms with E-state index in [9.17, 15) is 4.79 Å². The third-order valence-corrected chi connectivity index (χ3v) is 2.91. The maximum atomic E-state index is 11.9. The van der Waals surface area contributed by atoms with Gasteiger partial charge in [-0.05, 0) is 29.5 Å². The number of benzene rings is 1. The lowest BCUT2D eigenvalue weighted by Gasteiger charge is -2.08. The Morgan fingerprint density at radius 3 is 2.61 bits per heavy atom. The second kappa shape index (κ2) is 4.53. The van der Waals surface area contributed by atoms with E-state index in [2.05, 4.69) is 9.83 Å². The smallest absolute Gasteiger partial charge is 0.251 e. The Kier molecular flexibility index (Phi) is 3.07. The Balaban J connectivity index is 2.79. The van der Waals surface area contributed by atoms with E-state index in [1.807, 2.05) is 19.9 Å². The Labute approximate surface area is 105 Å². The number of H-pyrrole nitrogens is 1. The maximum Gasteiger partial charge on any atom is 0.251 e. The molecule has 1 heterocycles. The van der Waals surface area contributed by atoms with E-state index < -0.39 is 0 Å². The average Bonchev–Trinajstić information content (AvgIpc) is 2.36. The zero-order valence-electron chi connectivity index (χ0n) is 10.6. The fraction of sp³-hybridized carbons (Fsp3) is 0.286. The van der Waals surface area contributed by atoms with Crippen molar-refractivity contribution < 1.29 is 4.74 Å². The number of ether oxygens (including phenoxy) is 1. The number of nitrogens with zero attached hydrogens (tertiary/aromatic N) is 1. The van der Waals surface area contributed by atoms with Gasteiger partial charge in [0.15, 0.2) is 0 Å². The Hall–Kier alpha value is -2.28. The molecule has 2 rings (SSSR count). The highest BCUT2D eigenvalue weighted by molar-refractivity contribution is 5.86. The van der Waals surface area contributed by atoms with Crippen LogP contribution in [-0.4, -0.2) is 12.1 Å². The third kappa shape index (κ3) is 1.95. The standard InChI is InChI=1S/C14H14N2O2/c1-8(2)10-5-9-6-12(15-3)13(18-4)7-11(9)16-14(10)17/h5-8H,1-2,4H3,(H,16,17). The first-order chi connectivity index (χ1) is 8.56. The number of fused-ring (bicyclic) bond motifs is 1. The first-order valence-electron chi connectivity index (χ1n) is 5.69. The van der Waals surface area contributed by atoms with E-state index in [0.717, 1.165) is 10.9 Å². The summed E-state index contributed by atoms with van der Waals surface area (Å²) < 4.78 is 5.13. The van der Waals surface area contributed by atoms with Gasteiger partial charge in [0, 0.05) is 11.1 Å². The molecule has 4 heteroatoms. The summed E-state index contributed by atoms with van der Waals surface area (Å²) in [6, 6.07) is 5.27. The second-order valence-corrected chi connectivity index (χ2v) is 4.43. The number of nitrogens with one attached hydrogen (secondary N) is 1. The number of rotatable bonds is 2.